The van der Waals surface area contributed by atoms with Crippen LogP contribution in [0.25, 0.3) is 0 Å². The zero-order valence-corrected chi connectivity index (χ0v) is 11.4. The lowest BCUT2D eigenvalue weighted by Gasteiger charge is -2.11. The fourth-order valence-corrected chi connectivity index (χ4v) is 1.55. The van der Waals surface area contributed by atoms with Crippen LogP contribution in [0.1, 0.15) is 13.3 Å². The summed E-state index contributed by atoms with van der Waals surface area (Å²) >= 11 is 5.59. The topological polar surface area (TPSA) is 58.6 Å². The summed E-state index contributed by atoms with van der Waals surface area (Å²) in [6, 6.07) is 3.90. The molecule has 1 unspecified atom stereocenters. The number of benzene rings is 1. The highest BCUT2D eigenvalue weighted by molar-refractivity contribution is 6.30. The highest BCUT2D eigenvalue weighted by Gasteiger charge is 2.07. The van der Waals surface area contributed by atoms with Crippen molar-refractivity contribution in [3.8, 4) is 5.75 Å². The quantitative estimate of drug-likeness (QED) is 0.807. The Morgan fingerprint density at radius 3 is 2.95 bits per heavy atom. The van der Waals surface area contributed by atoms with Gasteiger partial charge in [-0.2, -0.15) is 0 Å². The van der Waals surface area contributed by atoms with Crippen molar-refractivity contribution in [3.05, 3.63) is 29.0 Å². The van der Waals surface area contributed by atoms with Gasteiger partial charge < -0.3 is 15.2 Å². The lowest BCUT2D eigenvalue weighted by atomic mass is 10.1. The van der Waals surface area contributed by atoms with Crippen LogP contribution < -0.4 is 10.1 Å². The van der Waals surface area contributed by atoms with E-state index in [2.05, 4.69) is 5.32 Å². The van der Waals surface area contributed by atoms with Crippen LogP contribution in [-0.2, 0) is 4.79 Å². The van der Waals surface area contributed by atoms with Gasteiger partial charge in [-0.1, -0.05) is 18.5 Å². The summed E-state index contributed by atoms with van der Waals surface area (Å²) in [5.41, 5.74) is 0. The van der Waals surface area contributed by atoms with Gasteiger partial charge in [0.15, 0.2) is 6.61 Å². The van der Waals surface area contributed by atoms with Gasteiger partial charge in [-0.15, -0.1) is 0 Å². The van der Waals surface area contributed by atoms with Crippen molar-refractivity contribution in [2.24, 2.45) is 5.92 Å². The Morgan fingerprint density at radius 1 is 1.58 bits per heavy atom. The van der Waals surface area contributed by atoms with Crippen LogP contribution in [0.5, 0.6) is 5.75 Å². The number of carbonyl (C=O) groups excluding carboxylic acids is 1. The normalized spacial score (nSPS) is 12.0. The molecule has 19 heavy (non-hydrogen) atoms. The Bertz CT molecular complexity index is 428. The summed E-state index contributed by atoms with van der Waals surface area (Å²) in [5, 5.41) is 11.4. The monoisotopic (exact) mass is 289 g/mol. The summed E-state index contributed by atoms with van der Waals surface area (Å²) in [6.07, 6.45) is 0.634. The Labute approximate surface area is 116 Å². The maximum Gasteiger partial charge on any atom is 0.257 e. The molecule has 0 aliphatic heterocycles. The largest absolute Gasteiger partial charge is 0.484 e. The maximum absolute atomic E-state index is 12.9. The molecular formula is C13H17ClFNO3. The summed E-state index contributed by atoms with van der Waals surface area (Å²) in [6.45, 7) is 2.35. The molecule has 2 N–H and O–H groups in total. The number of aliphatic hydroxyl groups is 1. The molecule has 0 aliphatic carbocycles. The number of nitrogens with one attached hydrogen (secondary N) is 1. The molecule has 4 nitrogen and oxygen atoms in total. The van der Waals surface area contributed by atoms with Gasteiger partial charge in [-0.05, 0) is 24.5 Å². The van der Waals surface area contributed by atoms with Gasteiger partial charge in [0.25, 0.3) is 5.91 Å². The minimum absolute atomic E-state index is 0.0468. The molecule has 6 heteroatoms. The molecule has 0 radical (unpaired) electrons. The second-order valence-corrected chi connectivity index (χ2v) is 4.69. The molecular weight excluding hydrogens is 273 g/mol. The third kappa shape index (κ3) is 5.89. The number of carbonyl (C=O) groups is 1. The number of hydrogen-bond acceptors (Lipinski definition) is 3. The molecule has 106 valence electrons. The van der Waals surface area contributed by atoms with Crippen molar-refractivity contribution in [1.82, 2.24) is 5.32 Å². The van der Waals surface area contributed by atoms with Crippen LogP contribution in [0.3, 0.4) is 0 Å². The first kappa shape index (κ1) is 15.7. The van der Waals surface area contributed by atoms with Crippen molar-refractivity contribution in [3.63, 3.8) is 0 Å². The van der Waals surface area contributed by atoms with Crippen molar-refractivity contribution < 1.29 is 19.0 Å². The first-order chi connectivity index (χ1) is 9.02. The second-order valence-electron chi connectivity index (χ2n) is 4.29. The number of rotatable bonds is 7. The molecule has 0 bridgehead atoms. The van der Waals surface area contributed by atoms with E-state index < -0.39 is 5.82 Å². The van der Waals surface area contributed by atoms with Gasteiger partial charge in [0.1, 0.15) is 11.6 Å². The molecule has 1 amide bonds. The zero-order valence-electron chi connectivity index (χ0n) is 10.7. The smallest absolute Gasteiger partial charge is 0.257 e. The first-order valence-electron chi connectivity index (χ1n) is 5.98. The SMILES string of the molecule is CC(CCO)CNC(=O)COc1ccc(F)c(Cl)c1. The molecule has 1 atom stereocenters. The van der Waals surface area contributed by atoms with Gasteiger partial charge in [-0.3, -0.25) is 4.79 Å². The van der Waals surface area contributed by atoms with E-state index in [4.69, 9.17) is 21.4 Å². The van der Waals surface area contributed by atoms with Gasteiger partial charge >= 0.3 is 0 Å². The van der Waals surface area contributed by atoms with E-state index in [1.807, 2.05) is 6.92 Å². The fraction of sp³-hybridized carbons (Fsp3) is 0.462. The van der Waals surface area contributed by atoms with E-state index >= 15 is 0 Å². The summed E-state index contributed by atoms with van der Waals surface area (Å²) in [5.74, 6) is -0.263. The van der Waals surface area contributed by atoms with Gasteiger partial charge in [0, 0.05) is 19.2 Å². The Kier molecular flexibility index (Phi) is 6.59. The molecule has 0 aromatic heterocycles. The summed E-state index contributed by atoms with van der Waals surface area (Å²) in [4.78, 5) is 11.5. The van der Waals surface area contributed by atoms with Crippen LogP contribution in [-0.4, -0.2) is 30.8 Å². The van der Waals surface area contributed by atoms with E-state index in [0.29, 0.717) is 18.7 Å². The van der Waals surface area contributed by atoms with Crippen LogP contribution >= 0.6 is 11.6 Å². The average Bonchev–Trinajstić information content (AvgIpc) is 2.38. The Balaban J connectivity index is 2.31. The number of amides is 1. The number of halogens is 2. The van der Waals surface area contributed by atoms with Crippen LogP contribution in [0.2, 0.25) is 5.02 Å². The van der Waals surface area contributed by atoms with Crippen molar-refractivity contribution in [1.29, 1.82) is 0 Å². The molecule has 0 aliphatic rings. The van der Waals surface area contributed by atoms with E-state index in [0.717, 1.165) is 0 Å². The highest BCUT2D eigenvalue weighted by Crippen LogP contribution is 2.20. The van der Waals surface area contributed by atoms with Crippen LogP contribution in [0.4, 0.5) is 4.39 Å². The van der Waals surface area contributed by atoms with Gasteiger partial charge in [0.2, 0.25) is 0 Å². The lowest BCUT2D eigenvalue weighted by molar-refractivity contribution is -0.123. The molecule has 0 saturated carbocycles. The predicted octanol–water partition coefficient (Wildman–Crippen LogP) is 1.99. The van der Waals surface area contributed by atoms with E-state index in [1.165, 1.54) is 18.2 Å². The lowest BCUT2D eigenvalue weighted by Crippen LogP contribution is -2.32. The maximum atomic E-state index is 12.9. The average molecular weight is 290 g/mol. The molecule has 0 saturated heterocycles. The molecule has 0 fully saturated rings. The van der Waals surface area contributed by atoms with Crippen molar-refractivity contribution >= 4 is 17.5 Å². The van der Waals surface area contributed by atoms with Gasteiger partial charge in [-0.25, -0.2) is 4.39 Å². The minimum atomic E-state index is -0.531. The highest BCUT2D eigenvalue weighted by atomic mass is 35.5. The first-order valence-corrected chi connectivity index (χ1v) is 6.36. The van der Waals surface area contributed by atoms with E-state index in [9.17, 15) is 9.18 Å². The molecule has 0 heterocycles. The third-order valence-electron chi connectivity index (χ3n) is 2.53. The van der Waals surface area contributed by atoms with Crippen molar-refractivity contribution in [2.45, 2.75) is 13.3 Å². The summed E-state index contributed by atoms with van der Waals surface area (Å²) in [7, 11) is 0. The standard InChI is InChI=1S/C13H17ClFNO3/c1-9(4-5-17)7-16-13(18)8-19-10-2-3-12(15)11(14)6-10/h2-3,6,9,17H,4-5,7-8H2,1H3,(H,16,18). The van der Waals surface area contributed by atoms with Crippen LogP contribution in [0, 0.1) is 11.7 Å². The zero-order chi connectivity index (χ0) is 14.3. The van der Waals surface area contributed by atoms with Crippen molar-refractivity contribution in [2.75, 3.05) is 19.8 Å². The van der Waals surface area contributed by atoms with Gasteiger partial charge in [0.05, 0.1) is 5.02 Å². The molecule has 1 aromatic rings. The second kappa shape index (κ2) is 7.96. The summed E-state index contributed by atoms with van der Waals surface area (Å²) < 4.78 is 18.1. The Morgan fingerprint density at radius 2 is 2.32 bits per heavy atom. The number of hydrogen-bond donors (Lipinski definition) is 2. The predicted molar refractivity (Wildman–Crippen MR) is 70.8 cm³/mol. The molecule has 1 rings (SSSR count). The molecule has 1 aromatic carbocycles. The van der Waals surface area contributed by atoms with E-state index in [-0.39, 0.29) is 30.1 Å². The molecule has 0 spiro atoms. The van der Waals surface area contributed by atoms with E-state index in [1.54, 1.807) is 0 Å². The fourth-order valence-electron chi connectivity index (χ4n) is 1.38. The minimum Gasteiger partial charge on any atom is -0.484 e. The van der Waals surface area contributed by atoms with Crippen LogP contribution in [0.15, 0.2) is 18.2 Å². The third-order valence-corrected chi connectivity index (χ3v) is 2.82. The Hall–Kier alpha value is -1.33. The number of ether oxygens (including phenoxy) is 1. The number of aliphatic hydroxyl groups excluding tert-OH is 1.